The van der Waals surface area contributed by atoms with E-state index in [0.717, 1.165) is 11.8 Å². The molecule has 0 amide bonds. The van der Waals surface area contributed by atoms with E-state index in [1.54, 1.807) is 0 Å². The SMILES string of the molecule is CC.FC(F)F.OCC1(CN2CC3CC3C2)CC1.[HH].[HH]. The third-order valence-electron chi connectivity index (χ3n) is 3.91. The van der Waals surface area contributed by atoms with Gasteiger partial charge in [0.05, 0.1) is 0 Å². The first-order valence-corrected chi connectivity index (χ1v) is 6.80. The van der Waals surface area contributed by atoms with Gasteiger partial charge < -0.3 is 10.0 Å². The number of rotatable bonds is 3. The lowest BCUT2D eigenvalue weighted by atomic mass is 10.1. The van der Waals surface area contributed by atoms with Gasteiger partial charge in [0.2, 0.25) is 0 Å². The Kier molecular flexibility index (Phi) is 5.92. The molecule has 1 aliphatic heterocycles. The molecule has 18 heavy (non-hydrogen) atoms. The highest BCUT2D eigenvalue weighted by atomic mass is 19.4. The van der Waals surface area contributed by atoms with Crippen LogP contribution in [0.25, 0.3) is 0 Å². The number of hydrogen-bond donors (Lipinski definition) is 1. The van der Waals surface area contributed by atoms with Crippen LogP contribution >= 0.6 is 0 Å². The van der Waals surface area contributed by atoms with Crippen LogP contribution in [0.4, 0.5) is 13.2 Å². The summed E-state index contributed by atoms with van der Waals surface area (Å²) in [5, 5.41) is 9.17. The van der Waals surface area contributed by atoms with Gasteiger partial charge in [-0.15, -0.1) is 0 Å². The summed E-state index contributed by atoms with van der Waals surface area (Å²) < 4.78 is 29.0. The number of fused-ring (bicyclic) bond motifs is 1. The molecular formula is C13H28F3NO. The standard InChI is InChI=1S/C10H17NO.C2H6.CHF3.2H2/c12-7-10(1-2-10)6-11-4-8-3-9(8)5-11;1-2;2-1(3)4;;/h8-9,12H,1-7H2;1-2H3;1H;2*1H. The fourth-order valence-electron chi connectivity index (χ4n) is 2.64. The Bertz CT molecular complexity index is 243. The Morgan fingerprint density at radius 1 is 1.22 bits per heavy atom. The highest BCUT2D eigenvalue weighted by Crippen LogP contribution is 2.50. The van der Waals surface area contributed by atoms with E-state index in [1.165, 1.54) is 38.9 Å². The fraction of sp³-hybridized carbons (Fsp3) is 1.00. The van der Waals surface area contributed by atoms with Crippen LogP contribution in [0.1, 0.15) is 36.0 Å². The second-order valence-corrected chi connectivity index (χ2v) is 5.36. The second-order valence-electron chi connectivity index (χ2n) is 5.36. The largest absolute Gasteiger partial charge is 0.396 e. The van der Waals surface area contributed by atoms with E-state index in [-0.39, 0.29) is 2.85 Å². The van der Waals surface area contributed by atoms with Gasteiger partial charge in [0.15, 0.2) is 0 Å². The second kappa shape index (κ2) is 6.75. The lowest BCUT2D eigenvalue weighted by Gasteiger charge is -2.22. The van der Waals surface area contributed by atoms with Crippen molar-refractivity contribution in [3.8, 4) is 0 Å². The first-order chi connectivity index (χ1) is 8.54. The molecule has 0 aromatic carbocycles. The van der Waals surface area contributed by atoms with Gasteiger partial charge in [-0.2, -0.15) is 13.2 Å². The van der Waals surface area contributed by atoms with Crippen molar-refractivity contribution in [1.82, 2.24) is 4.90 Å². The normalized spacial score (nSPS) is 30.8. The summed E-state index contributed by atoms with van der Waals surface area (Å²) in [6.07, 6.45) is 4.01. The molecule has 2 saturated carbocycles. The number of aliphatic hydroxyl groups is 1. The average Bonchev–Trinajstić information content (AvgIpc) is 3.22. The van der Waals surface area contributed by atoms with Crippen LogP contribution in [0.5, 0.6) is 0 Å². The lowest BCUT2D eigenvalue weighted by molar-refractivity contribution is 0.00819. The molecule has 3 aliphatic rings. The first kappa shape index (κ1) is 15.8. The third-order valence-corrected chi connectivity index (χ3v) is 3.91. The number of aliphatic hydroxyl groups excluding tert-OH is 1. The highest BCUT2D eigenvalue weighted by Gasteiger charge is 2.49. The maximum Gasteiger partial charge on any atom is 0.379 e. The molecule has 3 rings (SSSR count). The minimum Gasteiger partial charge on any atom is -0.396 e. The zero-order chi connectivity index (χ0) is 13.8. The van der Waals surface area contributed by atoms with Crippen molar-refractivity contribution in [1.29, 1.82) is 0 Å². The minimum atomic E-state index is -3.67. The Hall–Kier alpha value is -0.290. The van der Waals surface area contributed by atoms with E-state index < -0.39 is 6.68 Å². The molecule has 2 atom stereocenters. The Morgan fingerprint density at radius 2 is 1.67 bits per heavy atom. The summed E-state index contributed by atoms with van der Waals surface area (Å²) in [4.78, 5) is 2.57. The van der Waals surface area contributed by atoms with E-state index in [9.17, 15) is 13.2 Å². The summed E-state index contributed by atoms with van der Waals surface area (Å²) in [6.45, 7) is 4.58. The molecule has 5 heteroatoms. The summed E-state index contributed by atoms with van der Waals surface area (Å²) in [5.41, 5.74) is 0.344. The molecule has 0 radical (unpaired) electrons. The summed E-state index contributed by atoms with van der Waals surface area (Å²) in [7, 11) is 0. The number of halogens is 3. The molecule has 0 bridgehead atoms. The van der Waals surface area contributed by atoms with Crippen molar-refractivity contribution in [2.45, 2.75) is 39.8 Å². The molecule has 0 aromatic rings. The van der Waals surface area contributed by atoms with Crippen molar-refractivity contribution in [2.24, 2.45) is 17.3 Å². The monoisotopic (exact) mass is 271 g/mol. The molecule has 2 unspecified atom stereocenters. The molecule has 112 valence electrons. The van der Waals surface area contributed by atoms with Crippen LogP contribution in [0, 0.1) is 17.3 Å². The van der Waals surface area contributed by atoms with Crippen LogP contribution in [-0.2, 0) is 0 Å². The van der Waals surface area contributed by atoms with Gasteiger partial charge in [-0.3, -0.25) is 0 Å². The molecule has 2 nitrogen and oxygen atoms in total. The molecule has 0 aromatic heterocycles. The zero-order valence-electron chi connectivity index (χ0n) is 11.2. The lowest BCUT2D eigenvalue weighted by Crippen LogP contribution is -2.31. The summed E-state index contributed by atoms with van der Waals surface area (Å²) >= 11 is 0. The molecule has 3 fully saturated rings. The summed E-state index contributed by atoms with van der Waals surface area (Å²) in [5.74, 6) is 2.08. The van der Waals surface area contributed by atoms with Crippen LogP contribution in [0.2, 0.25) is 0 Å². The Morgan fingerprint density at radius 3 is 2.00 bits per heavy atom. The van der Waals surface area contributed by atoms with E-state index >= 15 is 0 Å². The molecule has 2 aliphatic carbocycles. The van der Waals surface area contributed by atoms with Crippen LogP contribution < -0.4 is 0 Å². The van der Waals surface area contributed by atoms with Gasteiger partial charge in [0.1, 0.15) is 0 Å². The highest BCUT2D eigenvalue weighted by molar-refractivity contribution is 5.01. The number of nitrogens with zero attached hydrogens (tertiary/aromatic N) is 1. The van der Waals surface area contributed by atoms with Gasteiger partial charge in [-0.05, 0) is 31.1 Å². The Balaban J connectivity index is 0. The van der Waals surface area contributed by atoms with Crippen molar-refractivity contribution in [3.63, 3.8) is 0 Å². The van der Waals surface area contributed by atoms with Crippen molar-refractivity contribution < 1.29 is 21.1 Å². The van der Waals surface area contributed by atoms with Gasteiger partial charge in [0, 0.05) is 34.5 Å². The third kappa shape index (κ3) is 4.76. The first-order valence-electron chi connectivity index (χ1n) is 6.80. The topological polar surface area (TPSA) is 23.5 Å². The quantitative estimate of drug-likeness (QED) is 0.850. The predicted octanol–water partition coefficient (Wildman–Crippen LogP) is 3.41. The van der Waals surface area contributed by atoms with Crippen LogP contribution in [-0.4, -0.2) is 42.9 Å². The minimum absolute atomic E-state index is 0. The summed E-state index contributed by atoms with van der Waals surface area (Å²) in [6, 6.07) is 0. The number of hydrogen-bond acceptors (Lipinski definition) is 2. The van der Waals surface area contributed by atoms with E-state index in [1.807, 2.05) is 13.8 Å². The average molecular weight is 271 g/mol. The zero-order valence-corrected chi connectivity index (χ0v) is 11.2. The van der Waals surface area contributed by atoms with E-state index in [4.69, 9.17) is 5.11 Å². The van der Waals surface area contributed by atoms with Gasteiger partial charge in [-0.25, -0.2) is 0 Å². The smallest absolute Gasteiger partial charge is 0.379 e. The molecule has 1 saturated heterocycles. The van der Waals surface area contributed by atoms with Crippen LogP contribution in [0.15, 0.2) is 0 Å². The maximum absolute atomic E-state index is 9.67. The molecular weight excluding hydrogens is 243 g/mol. The number of alkyl halides is 3. The Labute approximate surface area is 110 Å². The molecule has 1 heterocycles. The fourth-order valence-corrected chi connectivity index (χ4v) is 2.64. The van der Waals surface area contributed by atoms with Gasteiger partial charge in [0.25, 0.3) is 0 Å². The van der Waals surface area contributed by atoms with Crippen molar-refractivity contribution >= 4 is 0 Å². The number of likely N-dealkylation sites (tertiary alicyclic amines) is 1. The van der Waals surface area contributed by atoms with Crippen molar-refractivity contribution in [2.75, 3.05) is 26.2 Å². The van der Waals surface area contributed by atoms with Crippen LogP contribution in [0.3, 0.4) is 0 Å². The van der Waals surface area contributed by atoms with E-state index in [2.05, 4.69) is 4.90 Å². The van der Waals surface area contributed by atoms with Crippen molar-refractivity contribution in [3.05, 3.63) is 0 Å². The number of piperidine rings is 1. The molecule has 1 N–H and O–H groups in total. The van der Waals surface area contributed by atoms with Gasteiger partial charge in [-0.1, -0.05) is 13.8 Å². The maximum atomic E-state index is 9.67. The predicted molar refractivity (Wildman–Crippen MR) is 69.5 cm³/mol. The van der Waals surface area contributed by atoms with Gasteiger partial charge >= 0.3 is 6.68 Å². The van der Waals surface area contributed by atoms with E-state index in [0.29, 0.717) is 12.0 Å². The molecule has 0 spiro atoms.